The Labute approximate surface area is 93.4 Å². The van der Waals surface area contributed by atoms with E-state index in [1.807, 2.05) is 0 Å². The van der Waals surface area contributed by atoms with Crippen LogP contribution in [0.25, 0.3) is 0 Å². The Morgan fingerprint density at radius 3 is 2.43 bits per heavy atom. The highest BCUT2D eigenvalue weighted by Crippen LogP contribution is 2.30. The Morgan fingerprint density at radius 2 is 1.93 bits per heavy atom. The molecular formula is C12H25NS. The average Bonchev–Trinajstić information content (AvgIpc) is 2.64. The van der Waals surface area contributed by atoms with Gasteiger partial charge in [0.05, 0.1) is 0 Å². The Kier molecular flexibility index (Phi) is 5.95. The average molecular weight is 215 g/mol. The third-order valence-electron chi connectivity index (χ3n) is 3.00. The third-order valence-corrected chi connectivity index (χ3v) is 4.54. The minimum Gasteiger partial charge on any atom is -0.316 e. The van der Waals surface area contributed by atoms with Crippen LogP contribution in [-0.4, -0.2) is 24.1 Å². The molecule has 14 heavy (non-hydrogen) atoms. The van der Waals surface area contributed by atoms with Crippen molar-refractivity contribution in [1.82, 2.24) is 5.32 Å². The Bertz CT molecular complexity index is 141. The fourth-order valence-corrected chi connectivity index (χ4v) is 3.62. The summed E-state index contributed by atoms with van der Waals surface area (Å²) in [4.78, 5) is 0. The van der Waals surface area contributed by atoms with E-state index in [1.165, 1.54) is 37.9 Å². The van der Waals surface area contributed by atoms with E-state index in [0.29, 0.717) is 0 Å². The van der Waals surface area contributed by atoms with Gasteiger partial charge in [0.15, 0.2) is 0 Å². The standard InChI is InChI=1S/C12H25NS/c1-10(2)8-11(13-3)9-14-12-6-4-5-7-12/h10-13H,4-9H2,1-3H3. The van der Waals surface area contributed by atoms with E-state index in [1.54, 1.807) is 0 Å². The number of hydrogen-bond donors (Lipinski definition) is 1. The Hall–Kier alpha value is 0.310. The first-order valence-corrected chi connectivity index (χ1v) is 7.06. The van der Waals surface area contributed by atoms with E-state index >= 15 is 0 Å². The fourth-order valence-electron chi connectivity index (χ4n) is 2.15. The molecule has 1 rings (SSSR count). The van der Waals surface area contributed by atoms with Gasteiger partial charge in [0.25, 0.3) is 0 Å². The summed E-state index contributed by atoms with van der Waals surface area (Å²) >= 11 is 2.20. The van der Waals surface area contributed by atoms with Gasteiger partial charge in [-0.1, -0.05) is 26.7 Å². The van der Waals surface area contributed by atoms with Gasteiger partial charge in [0, 0.05) is 17.0 Å². The number of nitrogens with one attached hydrogen (secondary N) is 1. The number of thioether (sulfide) groups is 1. The molecule has 0 heterocycles. The molecule has 0 aromatic rings. The van der Waals surface area contributed by atoms with Crippen molar-refractivity contribution in [3.05, 3.63) is 0 Å². The van der Waals surface area contributed by atoms with Crippen LogP contribution in [0.5, 0.6) is 0 Å². The van der Waals surface area contributed by atoms with Crippen LogP contribution in [0.3, 0.4) is 0 Å². The van der Waals surface area contributed by atoms with E-state index < -0.39 is 0 Å². The molecule has 84 valence electrons. The van der Waals surface area contributed by atoms with Crippen molar-refractivity contribution >= 4 is 11.8 Å². The molecule has 0 aromatic heterocycles. The van der Waals surface area contributed by atoms with Gasteiger partial charge in [-0.05, 0) is 32.2 Å². The summed E-state index contributed by atoms with van der Waals surface area (Å²) in [5.74, 6) is 2.12. The van der Waals surface area contributed by atoms with Crippen molar-refractivity contribution in [2.24, 2.45) is 5.92 Å². The lowest BCUT2D eigenvalue weighted by atomic mass is 10.1. The van der Waals surface area contributed by atoms with E-state index in [2.05, 4.69) is 38.0 Å². The van der Waals surface area contributed by atoms with Gasteiger partial charge in [-0.15, -0.1) is 0 Å². The largest absolute Gasteiger partial charge is 0.316 e. The Balaban J connectivity index is 2.12. The first kappa shape index (κ1) is 12.4. The molecule has 1 fully saturated rings. The number of rotatable bonds is 6. The second-order valence-electron chi connectivity index (χ2n) is 4.85. The van der Waals surface area contributed by atoms with Crippen LogP contribution in [0.15, 0.2) is 0 Å². The normalized spacial score (nSPS) is 20.6. The molecule has 0 aliphatic heterocycles. The summed E-state index contributed by atoms with van der Waals surface area (Å²) in [6.07, 6.45) is 7.17. The maximum Gasteiger partial charge on any atom is 0.0157 e. The molecule has 0 aromatic carbocycles. The quantitative estimate of drug-likeness (QED) is 0.729. The zero-order chi connectivity index (χ0) is 10.4. The maximum absolute atomic E-state index is 3.44. The van der Waals surface area contributed by atoms with Crippen LogP contribution in [0.4, 0.5) is 0 Å². The van der Waals surface area contributed by atoms with E-state index in [9.17, 15) is 0 Å². The SMILES string of the molecule is CNC(CSC1CCCC1)CC(C)C. The minimum atomic E-state index is 0.723. The lowest BCUT2D eigenvalue weighted by Gasteiger charge is -2.19. The monoisotopic (exact) mass is 215 g/mol. The molecule has 2 heteroatoms. The van der Waals surface area contributed by atoms with Gasteiger partial charge >= 0.3 is 0 Å². The zero-order valence-corrected chi connectivity index (χ0v) is 10.7. The highest BCUT2D eigenvalue weighted by molar-refractivity contribution is 7.99. The summed E-state index contributed by atoms with van der Waals surface area (Å²) < 4.78 is 0. The molecule has 1 unspecified atom stereocenters. The lowest BCUT2D eigenvalue weighted by molar-refractivity contribution is 0.474. The van der Waals surface area contributed by atoms with Crippen LogP contribution in [0, 0.1) is 5.92 Å². The molecule has 0 radical (unpaired) electrons. The lowest BCUT2D eigenvalue weighted by Crippen LogP contribution is -2.29. The smallest absolute Gasteiger partial charge is 0.0157 e. The molecule has 0 saturated heterocycles. The van der Waals surface area contributed by atoms with Crippen molar-refractivity contribution in [2.75, 3.05) is 12.8 Å². The van der Waals surface area contributed by atoms with Gasteiger partial charge in [0.2, 0.25) is 0 Å². The maximum atomic E-state index is 3.44. The second-order valence-corrected chi connectivity index (χ2v) is 6.19. The molecule has 1 aliphatic carbocycles. The van der Waals surface area contributed by atoms with Crippen molar-refractivity contribution in [3.8, 4) is 0 Å². The van der Waals surface area contributed by atoms with Crippen molar-refractivity contribution in [3.63, 3.8) is 0 Å². The molecule has 0 amide bonds. The number of hydrogen-bond acceptors (Lipinski definition) is 2. The minimum absolute atomic E-state index is 0.723. The van der Waals surface area contributed by atoms with E-state index in [0.717, 1.165) is 17.2 Å². The van der Waals surface area contributed by atoms with Crippen molar-refractivity contribution < 1.29 is 0 Å². The zero-order valence-electron chi connectivity index (χ0n) is 9.88. The van der Waals surface area contributed by atoms with Crippen LogP contribution < -0.4 is 5.32 Å². The predicted octanol–water partition coefficient (Wildman–Crippen LogP) is 3.30. The molecule has 1 aliphatic rings. The Morgan fingerprint density at radius 1 is 1.29 bits per heavy atom. The van der Waals surface area contributed by atoms with Gasteiger partial charge in [-0.25, -0.2) is 0 Å². The molecule has 1 nitrogen and oxygen atoms in total. The van der Waals surface area contributed by atoms with Crippen LogP contribution in [-0.2, 0) is 0 Å². The second kappa shape index (κ2) is 6.73. The first-order valence-electron chi connectivity index (χ1n) is 6.01. The predicted molar refractivity (Wildman–Crippen MR) is 67.0 cm³/mol. The molecule has 1 atom stereocenters. The topological polar surface area (TPSA) is 12.0 Å². The first-order chi connectivity index (χ1) is 6.72. The van der Waals surface area contributed by atoms with Crippen molar-refractivity contribution in [2.45, 2.75) is 57.2 Å². The van der Waals surface area contributed by atoms with Gasteiger partial charge in [-0.3, -0.25) is 0 Å². The van der Waals surface area contributed by atoms with E-state index in [-0.39, 0.29) is 0 Å². The molecule has 0 bridgehead atoms. The summed E-state index contributed by atoms with van der Waals surface area (Å²) in [6.45, 7) is 4.62. The summed E-state index contributed by atoms with van der Waals surface area (Å²) in [5.41, 5.74) is 0. The molecule has 0 spiro atoms. The van der Waals surface area contributed by atoms with Gasteiger partial charge in [0.1, 0.15) is 0 Å². The highest BCUT2D eigenvalue weighted by Gasteiger charge is 2.17. The summed E-state index contributed by atoms with van der Waals surface area (Å²) in [5, 5.41) is 4.41. The van der Waals surface area contributed by atoms with Crippen LogP contribution in [0.1, 0.15) is 46.0 Å². The van der Waals surface area contributed by atoms with Crippen LogP contribution >= 0.6 is 11.8 Å². The van der Waals surface area contributed by atoms with Crippen LogP contribution in [0.2, 0.25) is 0 Å². The molecular weight excluding hydrogens is 190 g/mol. The molecule has 1 N–H and O–H groups in total. The van der Waals surface area contributed by atoms with E-state index in [4.69, 9.17) is 0 Å². The third kappa shape index (κ3) is 4.70. The van der Waals surface area contributed by atoms with Crippen molar-refractivity contribution in [1.29, 1.82) is 0 Å². The summed E-state index contributed by atoms with van der Waals surface area (Å²) in [7, 11) is 2.10. The fraction of sp³-hybridized carbons (Fsp3) is 1.00. The highest BCUT2D eigenvalue weighted by atomic mass is 32.2. The summed E-state index contributed by atoms with van der Waals surface area (Å²) in [6, 6.07) is 0.723. The molecule has 1 saturated carbocycles. The van der Waals surface area contributed by atoms with Gasteiger partial charge in [-0.2, -0.15) is 11.8 Å². The van der Waals surface area contributed by atoms with Gasteiger partial charge < -0.3 is 5.32 Å².